The highest BCUT2D eigenvalue weighted by atomic mass is 16.5. The molecule has 0 saturated carbocycles. The third-order valence-corrected chi connectivity index (χ3v) is 4.03. The van der Waals surface area contributed by atoms with Crippen molar-refractivity contribution in [1.29, 1.82) is 0 Å². The van der Waals surface area contributed by atoms with Crippen molar-refractivity contribution in [3.63, 3.8) is 0 Å². The van der Waals surface area contributed by atoms with Gasteiger partial charge in [-0.25, -0.2) is 0 Å². The summed E-state index contributed by atoms with van der Waals surface area (Å²) in [4.78, 5) is 0. The Hall–Kier alpha value is -1.84. The minimum Gasteiger partial charge on any atom is -0.457 e. The molecular weight excluding hydrogens is 274 g/mol. The molecule has 0 radical (unpaired) electrons. The number of para-hydroxylation sites is 1. The van der Waals surface area contributed by atoms with Crippen LogP contribution in [-0.4, -0.2) is 18.3 Å². The van der Waals surface area contributed by atoms with E-state index in [1.165, 1.54) is 5.56 Å². The van der Waals surface area contributed by atoms with Gasteiger partial charge in [-0.2, -0.15) is 0 Å². The Morgan fingerprint density at radius 3 is 2.18 bits per heavy atom. The molecule has 2 aromatic carbocycles. The molecule has 0 aliphatic carbocycles. The monoisotopic (exact) mass is 299 g/mol. The summed E-state index contributed by atoms with van der Waals surface area (Å²) in [6.45, 7) is 2.86. The van der Waals surface area contributed by atoms with Gasteiger partial charge in [-0.05, 0) is 61.1 Å². The van der Waals surface area contributed by atoms with E-state index in [1.807, 2.05) is 42.5 Å². The maximum absolute atomic E-state index is 9.33. The van der Waals surface area contributed by atoms with Crippen LogP contribution < -0.4 is 10.5 Å². The standard InChI is InChI=1S/C19H25NO2/c1-2-16(12-15(13-20)14-21)17-8-10-19(11-9-17)22-18-6-4-3-5-7-18/h3-11,15-16,21H,2,12-14,20H2,1H3. The summed E-state index contributed by atoms with van der Waals surface area (Å²) in [5.41, 5.74) is 6.97. The number of aliphatic hydroxyl groups is 1. The van der Waals surface area contributed by atoms with Gasteiger partial charge in [0.1, 0.15) is 11.5 Å². The molecule has 2 unspecified atom stereocenters. The van der Waals surface area contributed by atoms with Crippen LogP contribution in [0.3, 0.4) is 0 Å². The van der Waals surface area contributed by atoms with E-state index in [4.69, 9.17) is 10.5 Å². The van der Waals surface area contributed by atoms with Gasteiger partial charge in [-0.3, -0.25) is 0 Å². The third kappa shape index (κ3) is 4.58. The third-order valence-electron chi connectivity index (χ3n) is 4.03. The number of rotatable bonds is 8. The highest BCUT2D eigenvalue weighted by Crippen LogP contribution is 2.29. The molecule has 0 spiro atoms. The number of hydrogen-bond acceptors (Lipinski definition) is 3. The highest BCUT2D eigenvalue weighted by molar-refractivity contribution is 5.34. The van der Waals surface area contributed by atoms with Crippen LogP contribution in [0.4, 0.5) is 0 Å². The molecule has 2 aromatic rings. The van der Waals surface area contributed by atoms with Gasteiger partial charge in [0.05, 0.1) is 0 Å². The largest absolute Gasteiger partial charge is 0.457 e. The Balaban J connectivity index is 2.03. The normalized spacial score (nSPS) is 13.6. The summed E-state index contributed by atoms with van der Waals surface area (Å²) < 4.78 is 5.81. The fraction of sp³-hybridized carbons (Fsp3) is 0.368. The zero-order valence-corrected chi connectivity index (χ0v) is 13.1. The summed E-state index contributed by atoms with van der Waals surface area (Å²) in [6.07, 6.45) is 1.96. The number of hydrogen-bond donors (Lipinski definition) is 2. The lowest BCUT2D eigenvalue weighted by Crippen LogP contribution is -2.20. The van der Waals surface area contributed by atoms with E-state index in [-0.39, 0.29) is 12.5 Å². The first-order valence-corrected chi connectivity index (χ1v) is 7.90. The fourth-order valence-electron chi connectivity index (χ4n) is 2.62. The molecule has 22 heavy (non-hydrogen) atoms. The molecule has 2 atom stereocenters. The van der Waals surface area contributed by atoms with Gasteiger partial charge in [0.2, 0.25) is 0 Å². The summed E-state index contributed by atoms with van der Waals surface area (Å²) in [5, 5.41) is 9.33. The van der Waals surface area contributed by atoms with Crippen molar-refractivity contribution in [2.45, 2.75) is 25.7 Å². The fourth-order valence-corrected chi connectivity index (χ4v) is 2.62. The van der Waals surface area contributed by atoms with E-state index in [0.717, 1.165) is 24.3 Å². The number of aliphatic hydroxyl groups excluding tert-OH is 1. The first-order valence-electron chi connectivity index (χ1n) is 7.90. The molecule has 118 valence electrons. The first kappa shape index (κ1) is 16.5. The van der Waals surface area contributed by atoms with Crippen molar-refractivity contribution in [1.82, 2.24) is 0 Å². The van der Waals surface area contributed by atoms with E-state index in [2.05, 4.69) is 19.1 Å². The molecule has 0 aliphatic heterocycles. The van der Waals surface area contributed by atoms with Crippen LogP contribution in [0.2, 0.25) is 0 Å². The van der Waals surface area contributed by atoms with Gasteiger partial charge in [0, 0.05) is 6.61 Å². The van der Waals surface area contributed by atoms with Crippen LogP contribution in [0.15, 0.2) is 54.6 Å². The van der Waals surface area contributed by atoms with Gasteiger partial charge in [0.25, 0.3) is 0 Å². The Labute approximate surface area is 132 Å². The van der Waals surface area contributed by atoms with Crippen LogP contribution in [0, 0.1) is 5.92 Å². The second-order valence-electron chi connectivity index (χ2n) is 5.61. The second kappa shape index (κ2) is 8.57. The first-order chi connectivity index (χ1) is 10.8. The van der Waals surface area contributed by atoms with E-state index in [0.29, 0.717) is 12.5 Å². The van der Waals surface area contributed by atoms with E-state index in [1.54, 1.807) is 0 Å². The highest BCUT2D eigenvalue weighted by Gasteiger charge is 2.15. The molecule has 3 nitrogen and oxygen atoms in total. The summed E-state index contributed by atoms with van der Waals surface area (Å²) >= 11 is 0. The number of benzene rings is 2. The summed E-state index contributed by atoms with van der Waals surface area (Å²) in [6, 6.07) is 18.0. The second-order valence-corrected chi connectivity index (χ2v) is 5.61. The molecule has 0 aromatic heterocycles. The van der Waals surface area contributed by atoms with Gasteiger partial charge in [0.15, 0.2) is 0 Å². The topological polar surface area (TPSA) is 55.5 Å². The maximum Gasteiger partial charge on any atom is 0.127 e. The molecule has 2 rings (SSSR count). The predicted molar refractivity (Wildman–Crippen MR) is 90.2 cm³/mol. The van der Waals surface area contributed by atoms with Crippen molar-refractivity contribution in [2.24, 2.45) is 11.7 Å². The van der Waals surface area contributed by atoms with Crippen molar-refractivity contribution in [3.05, 3.63) is 60.2 Å². The quantitative estimate of drug-likeness (QED) is 0.776. The lowest BCUT2D eigenvalue weighted by Gasteiger charge is -2.20. The number of ether oxygens (including phenoxy) is 1. The van der Waals surface area contributed by atoms with Crippen molar-refractivity contribution < 1.29 is 9.84 Å². The molecule has 0 saturated heterocycles. The molecule has 0 amide bonds. The molecule has 0 heterocycles. The van der Waals surface area contributed by atoms with Crippen LogP contribution in [0.5, 0.6) is 11.5 Å². The Morgan fingerprint density at radius 2 is 1.64 bits per heavy atom. The Morgan fingerprint density at radius 1 is 1.00 bits per heavy atom. The number of nitrogens with two attached hydrogens (primary N) is 1. The van der Waals surface area contributed by atoms with Gasteiger partial charge >= 0.3 is 0 Å². The SMILES string of the molecule is CCC(CC(CN)CO)c1ccc(Oc2ccccc2)cc1. The summed E-state index contributed by atoms with van der Waals surface area (Å²) in [5.74, 6) is 2.27. The van der Waals surface area contributed by atoms with Crippen molar-refractivity contribution in [2.75, 3.05) is 13.2 Å². The van der Waals surface area contributed by atoms with Crippen LogP contribution in [-0.2, 0) is 0 Å². The predicted octanol–water partition coefficient (Wildman–Crippen LogP) is 3.93. The van der Waals surface area contributed by atoms with E-state index in [9.17, 15) is 5.11 Å². The Kier molecular flexibility index (Phi) is 6.44. The van der Waals surface area contributed by atoms with E-state index >= 15 is 0 Å². The Bertz CT molecular complexity index is 535. The molecule has 3 N–H and O–H groups in total. The summed E-state index contributed by atoms with van der Waals surface area (Å²) in [7, 11) is 0. The van der Waals surface area contributed by atoms with Gasteiger partial charge in [-0.1, -0.05) is 37.3 Å². The molecule has 0 fully saturated rings. The molecule has 0 aliphatic rings. The average Bonchev–Trinajstić information content (AvgIpc) is 2.58. The lowest BCUT2D eigenvalue weighted by atomic mass is 9.87. The van der Waals surface area contributed by atoms with Crippen molar-refractivity contribution in [3.8, 4) is 11.5 Å². The van der Waals surface area contributed by atoms with Crippen molar-refractivity contribution >= 4 is 0 Å². The average molecular weight is 299 g/mol. The lowest BCUT2D eigenvalue weighted by molar-refractivity contribution is 0.214. The molecular formula is C19H25NO2. The maximum atomic E-state index is 9.33. The molecule has 3 heteroatoms. The minimum atomic E-state index is 0.155. The van der Waals surface area contributed by atoms with Crippen LogP contribution in [0.25, 0.3) is 0 Å². The van der Waals surface area contributed by atoms with Crippen LogP contribution in [0.1, 0.15) is 31.2 Å². The molecule has 0 bridgehead atoms. The zero-order chi connectivity index (χ0) is 15.8. The van der Waals surface area contributed by atoms with E-state index < -0.39 is 0 Å². The van der Waals surface area contributed by atoms with Crippen LogP contribution >= 0.6 is 0 Å². The van der Waals surface area contributed by atoms with Gasteiger partial charge < -0.3 is 15.6 Å². The minimum absolute atomic E-state index is 0.155. The van der Waals surface area contributed by atoms with Gasteiger partial charge in [-0.15, -0.1) is 0 Å². The zero-order valence-electron chi connectivity index (χ0n) is 13.1. The smallest absolute Gasteiger partial charge is 0.127 e.